The van der Waals surface area contributed by atoms with Crippen LogP contribution in [0.15, 0.2) is 79.3 Å². The maximum atomic E-state index is 13.7. The van der Waals surface area contributed by atoms with Crippen LogP contribution in [-0.4, -0.2) is 20.9 Å². The lowest BCUT2D eigenvalue weighted by atomic mass is 10.2. The number of hydrogen-bond donors (Lipinski definition) is 2. The van der Waals surface area contributed by atoms with Crippen LogP contribution in [0.4, 0.5) is 26.1 Å². The van der Waals surface area contributed by atoms with Gasteiger partial charge >= 0.3 is 0 Å². The van der Waals surface area contributed by atoms with Crippen LogP contribution >= 0.6 is 0 Å². The van der Waals surface area contributed by atoms with Crippen molar-refractivity contribution < 1.29 is 18.3 Å². The van der Waals surface area contributed by atoms with E-state index in [1.165, 1.54) is 24.4 Å². The summed E-state index contributed by atoms with van der Waals surface area (Å²) in [5.74, 6) is -2.37. The molecule has 0 saturated carbocycles. The molecule has 0 aliphatic rings. The maximum Gasteiger partial charge on any atom is 0.274 e. The van der Waals surface area contributed by atoms with Gasteiger partial charge in [-0.1, -0.05) is 18.2 Å². The zero-order chi connectivity index (χ0) is 22.3. The van der Waals surface area contributed by atoms with Crippen molar-refractivity contribution in [2.45, 2.75) is 6.61 Å². The highest BCUT2D eigenvalue weighted by Gasteiger charge is 2.11. The lowest BCUT2D eigenvalue weighted by Crippen LogP contribution is -2.15. The van der Waals surface area contributed by atoms with E-state index in [2.05, 4.69) is 25.6 Å². The van der Waals surface area contributed by atoms with Crippen molar-refractivity contribution in [2.75, 3.05) is 10.6 Å². The Hall–Kier alpha value is -4.40. The highest BCUT2D eigenvalue weighted by molar-refractivity contribution is 6.03. The highest BCUT2D eigenvalue weighted by atomic mass is 19.2. The van der Waals surface area contributed by atoms with Gasteiger partial charge in [-0.05, 0) is 48.0 Å². The first-order chi connectivity index (χ1) is 15.6. The smallest absolute Gasteiger partial charge is 0.274 e. The third-order valence-corrected chi connectivity index (χ3v) is 4.32. The molecule has 0 aliphatic heterocycles. The van der Waals surface area contributed by atoms with Gasteiger partial charge in [0.1, 0.15) is 12.3 Å². The molecular weight excluding hydrogens is 416 g/mol. The van der Waals surface area contributed by atoms with Crippen molar-refractivity contribution in [1.82, 2.24) is 15.0 Å². The van der Waals surface area contributed by atoms with Crippen molar-refractivity contribution in [3.8, 4) is 5.75 Å². The molecule has 2 heterocycles. The maximum absolute atomic E-state index is 13.7. The lowest BCUT2D eigenvalue weighted by molar-refractivity contribution is 0.102. The Kier molecular flexibility index (Phi) is 6.26. The van der Waals surface area contributed by atoms with Gasteiger partial charge in [-0.25, -0.2) is 14.4 Å². The second-order valence-electron chi connectivity index (χ2n) is 6.62. The first-order valence-electron chi connectivity index (χ1n) is 9.56. The van der Waals surface area contributed by atoms with Gasteiger partial charge in [0.2, 0.25) is 11.8 Å². The molecule has 7 nitrogen and oxygen atoms in total. The fraction of sp³-hybridized carbons (Fsp3) is 0.0435. The molecular formula is C23H17F2N5O2. The topological polar surface area (TPSA) is 89.0 Å². The quantitative estimate of drug-likeness (QED) is 0.438. The molecule has 0 fully saturated rings. The number of nitrogens with one attached hydrogen (secondary N) is 2. The van der Waals surface area contributed by atoms with Crippen LogP contribution in [0.5, 0.6) is 5.75 Å². The van der Waals surface area contributed by atoms with E-state index < -0.39 is 17.5 Å². The second kappa shape index (κ2) is 9.61. The summed E-state index contributed by atoms with van der Waals surface area (Å²) in [5.41, 5.74) is 2.06. The molecule has 32 heavy (non-hydrogen) atoms. The SMILES string of the molecule is O=C(Nc1cccc(COc2cccc(F)c2F)c1)c1ccnc(Nc2ccncc2)n1. The Morgan fingerprint density at radius 3 is 2.59 bits per heavy atom. The normalized spacial score (nSPS) is 10.4. The number of carbonyl (C=O) groups excluding carboxylic acids is 1. The first-order valence-corrected chi connectivity index (χ1v) is 9.56. The number of carbonyl (C=O) groups is 1. The second-order valence-corrected chi connectivity index (χ2v) is 6.62. The van der Waals surface area contributed by atoms with Crippen LogP contribution in [-0.2, 0) is 6.61 Å². The number of rotatable bonds is 7. The van der Waals surface area contributed by atoms with Crippen LogP contribution in [0.3, 0.4) is 0 Å². The van der Waals surface area contributed by atoms with E-state index in [0.717, 1.165) is 11.8 Å². The van der Waals surface area contributed by atoms with E-state index in [-0.39, 0.29) is 24.0 Å². The number of nitrogens with zero attached hydrogens (tertiary/aromatic N) is 3. The molecule has 2 aromatic heterocycles. The average Bonchev–Trinajstić information content (AvgIpc) is 2.81. The van der Waals surface area contributed by atoms with Gasteiger partial charge in [-0.15, -0.1) is 0 Å². The van der Waals surface area contributed by atoms with Gasteiger partial charge < -0.3 is 15.4 Å². The molecule has 1 amide bonds. The summed E-state index contributed by atoms with van der Waals surface area (Å²) in [6, 6.07) is 15.5. The third kappa shape index (κ3) is 5.20. The number of ether oxygens (including phenoxy) is 1. The van der Waals surface area contributed by atoms with Gasteiger partial charge in [-0.2, -0.15) is 4.39 Å². The molecule has 4 aromatic rings. The molecule has 160 valence electrons. The average molecular weight is 433 g/mol. The molecule has 0 aliphatic carbocycles. The summed E-state index contributed by atoms with van der Waals surface area (Å²) in [4.78, 5) is 24.9. The van der Waals surface area contributed by atoms with Crippen molar-refractivity contribution in [2.24, 2.45) is 0 Å². The number of aromatic nitrogens is 3. The summed E-state index contributed by atoms with van der Waals surface area (Å²) in [6.45, 7) is -0.00239. The minimum Gasteiger partial charge on any atom is -0.486 e. The minimum absolute atomic E-state index is 0.00239. The fourth-order valence-corrected chi connectivity index (χ4v) is 2.80. The van der Waals surface area contributed by atoms with Crippen LogP contribution in [0, 0.1) is 11.6 Å². The van der Waals surface area contributed by atoms with Gasteiger partial charge in [0.15, 0.2) is 11.6 Å². The Labute approximate surface area is 182 Å². The molecule has 2 aromatic carbocycles. The van der Waals surface area contributed by atoms with Crippen molar-refractivity contribution in [1.29, 1.82) is 0 Å². The summed E-state index contributed by atoms with van der Waals surface area (Å²) in [6.07, 6.45) is 4.72. The van der Waals surface area contributed by atoms with E-state index >= 15 is 0 Å². The van der Waals surface area contributed by atoms with Crippen LogP contribution in [0.25, 0.3) is 0 Å². The van der Waals surface area contributed by atoms with Gasteiger partial charge in [-0.3, -0.25) is 9.78 Å². The molecule has 4 rings (SSSR count). The van der Waals surface area contributed by atoms with Crippen LogP contribution in [0.2, 0.25) is 0 Å². The number of halogens is 2. The van der Waals surface area contributed by atoms with E-state index in [1.807, 2.05) is 0 Å². The number of amides is 1. The fourth-order valence-electron chi connectivity index (χ4n) is 2.80. The molecule has 0 saturated heterocycles. The number of benzene rings is 2. The monoisotopic (exact) mass is 433 g/mol. The molecule has 9 heteroatoms. The van der Waals surface area contributed by atoms with Crippen molar-refractivity contribution >= 4 is 23.2 Å². The number of anilines is 3. The van der Waals surface area contributed by atoms with Crippen molar-refractivity contribution in [3.05, 3.63) is 102 Å². The Morgan fingerprint density at radius 1 is 0.938 bits per heavy atom. The van der Waals surface area contributed by atoms with Gasteiger partial charge in [0.25, 0.3) is 5.91 Å². The number of pyridine rings is 1. The number of hydrogen-bond acceptors (Lipinski definition) is 6. The largest absolute Gasteiger partial charge is 0.486 e. The van der Waals surface area contributed by atoms with E-state index in [4.69, 9.17) is 4.74 Å². The zero-order valence-corrected chi connectivity index (χ0v) is 16.6. The van der Waals surface area contributed by atoms with Crippen molar-refractivity contribution in [3.63, 3.8) is 0 Å². The molecule has 0 radical (unpaired) electrons. The third-order valence-electron chi connectivity index (χ3n) is 4.32. The van der Waals surface area contributed by atoms with Crippen LogP contribution < -0.4 is 15.4 Å². The minimum atomic E-state index is -1.04. The molecule has 2 N–H and O–H groups in total. The summed E-state index contributed by atoms with van der Waals surface area (Å²) < 4.78 is 32.4. The predicted octanol–water partition coefficient (Wildman–Crippen LogP) is 4.72. The summed E-state index contributed by atoms with van der Waals surface area (Å²) in [5, 5.41) is 5.75. The van der Waals surface area contributed by atoms with Crippen LogP contribution in [0.1, 0.15) is 16.1 Å². The standard InChI is InChI=1S/C23H17F2N5O2/c24-18-5-2-6-20(21(18)25)32-14-15-3-1-4-17(13-15)28-22(31)19-9-12-27-23(30-19)29-16-7-10-26-11-8-16/h1-13H,14H2,(H,28,31)(H,26,27,29,30). The Morgan fingerprint density at radius 2 is 1.75 bits per heavy atom. The first kappa shape index (κ1) is 20.9. The molecule has 0 atom stereocenters. The van der Waals surface area contributed by atoms with E-state index in [1.54, 1.807) is 48.8 Å². The molecule has 0 bridgehead atoms. The van der Waals surface area contributed by atoms with E-state index in [0.29, 0.717) is 11.3 Å². The van der Waals surface area contributed by atoms with Gasteiger partial charge in [0.05, 0.1) is 0 Å². The Balaban J connectivity index is 1.41. The zero-order valence-electron chi connectivity index (χ0n) is 16.6. The highest BCUT2D eigenvalue weighted by Crippen LogP contribution is 2.21. The van der Waals surface area contributed by atoms with E-state index in [9.17, 15) is 13.6 Å². The predicted molar refractivity (Wildman–Crippen MR) is 115 cm³/mol. The summed E-state index contributed by atoms with van der Waals surface area (Å²) >= 11 is 0. The van der Waals surface area contributed by atoms with Gasteiger partial charge in [0, 0.05) is 30.0 Å². The molecule has 0 spiro atoms. The molecule has 0 unspecified atom stereocenters. The Bertz CT molecular complexity index is 1240. The lowest BCUT2D eigenvalue weighted by Gasteiger charge is -2.10. The summed E-state index contributed by atoms with van der Waals surface area (Å²) in [7, 11) is 0.